The van der Waals surface area contributed by atoms with E-state index in [0.717, 1.165) is 58.5 Å². The molecule has 0 unspecified atom stereocenters. The lowest BCUT2D eigenvalue weighted by atomic mass is 9.77. The Morgan fingerprint density at radius 2 is 1.42 bits per heavy atom. The molecule has 3 aromatic carbocycles. The van der Waals surface area contributed by atoms with Gasteiger partial charge < -0.3 is 35.2 Å². The fraction of sp³-hybridized carbons (Fsp3) is 0.432. The lowest BCUT2D eigenvalue weighted by Gasteiger charge is -2.36. The number of carbonyl (C=O) groups is 3. The minimum Gasteiger partial charge on any atom is -0.508 e. The third-order valence-electron chi connectivity index (χ3n) is 9.06. The summed E-state index contributed by atoms with van der Waals surface area (Å²) < 4.78 is 12.1. The molecule has 256 valence electrons. The number of hydrogen-bond acceptors (Lipinski definition) is 9. The number of benzene rings is 3. The van der Waals surface area contributed by atoms with Crippen molar-refractivity contribution in [2.24, 2.45) is 0 Å². The Balaban J connectivity index is 0.00000221. The molecule has 3 heterocycles. The van der Waals surface area contributed by atoms with Crippen molar-refractivity contribution in [2.75, 3.05) is 52.4 Å². The molecule has 11 nitrogen and oxygen atoms in total. The Hall–Kier alpha value is -4.61. The van der Waals surface area contributed by atoms with Crippen molar-refractivity contribution in [1.82, 2.24) is 20.4 Å². The lowest BCUT2D eigenvalue weighted by Crippen LogP contribution is -2.48. The summed E-state index contributed by atoms with van der Waals surface area (Å²) in [4.78, 5) is 43.4. The maximum atomic E-state index is 13.3. The molecule has 2 amide bonds. The van der Waals surface area contributed by atoms with E-state index < -0.39 is 11.6 Å². The number of likely N-dealkylation sites (N-methyl/N-ethyl adjacent to an activating group) is 1. The lowest BCUT2D eigenvalue weighted by molar-refractivity contribution is -0.121. The van der Waals surface area contributed by atoms with Gasteiger partial charge in [-0.25, -0.2) is 4.79 Å². The van der Waals surface area contributed by atoms with Crippen LogP contribution >= 0.6 is 0 Å². The van der Waals surface area contributed by atoms with Crippen LogP contribution in [0, 0.1) is 0 Å². The number of aromatic hydroxyl groups is 2. The molecule has 1 spiro atoms. The van der Waals surface area contributed by atoms with E-state index in [4.69, 9.17) is 9.47 Å². The molecule has 6 rings (SSSR count). The zero-order chi connectivity index (χ0) is 34.3. The van der Waals surface area contributed by atoms with Crippen molar-refractivity contribution >= 4 is 17.8 Å². The number of esters is 1. The van der Waals surface area contributed by atoms with Gasteiger partial charge in [0.25, 0.3) is 5.91 Å². The Morgan fingerprint density at radius 3 is 2.06 bits per heavy atom. The maximum absolute atomic E-state index is 13.3. The third kappa shape index (κ3) is 7.27. The number of nitrogens with zero attached hydrogens (tertiary/aromatic N) is 2. The Morgan fingerprint density at radius 1 is 0.792 bits per heavy atom. The van der Waals surface area contributed by atoms with Gasteiger partial charge in [0.2, 0.25) is 5.91 Å². The molecule has 3 aliphatic rings. The van der Waals surface area contributed by atoms with E-state index in [0.29, 0.717) is 53.3 Å². The molecule has 0 saturated carbocycles. The van der Waals surface area contributed by atoms with Gasteiger partial charge in [-0.1, -0.05) is 33.3 Å². The van der Waals surface area contributed by atoms with Crippen LogP contribution in [0.1, 0.15) is 83.9 Å². The zero-order valence-electron chi connectivity index (χ0n) is 28.0. The summed E-state index contributed by atoms with van der Waals surface area (Å²) in [5.41, 5.74) is 0.781. The number of carbonyl (C=O) groups excluding carboxylic acids is 3. The second-order valence-electron chi connectivity index (χ2n) is 12.0. The van der Waals surface area contributed by atoms with Gasteiger partial charge in [0.1, 0.15) is 23.0 Å². The van der Waals surface area contributed by atoms with Gasteiger partial charge in [-0.3, -0.25) is 14.5 Å². The smallest absolute Gasteiger partial charge is 0.340 e. The molecule has 0 radical (unpaired) electrons. The number of amides is 2. The molecule has 0 bridgehead atoms. The van der Waals surface area contributed by atoms with E-state index in [1.54, 1.807) is 24.3 Å². The topological polar surface area (TPSA) is 141 Å². The summed E-state index contributed by atoms with van der Waals surface area (Å²) in [7, 11) is 0. The third-order valence-corrected chi connectivity index (χ3v) is 9.06. The van der Waals surface area contributed by atoms with Gasteiger partial charge in [0.15, 0.2) is 5.60 Å². The van der Waals surface area contributed by atoms with Crippen molar-refractivity contribution in [3.8, 4) is 23.0 Å². The summed E-state index contributed by atoms with van der Waals surface area (Å²) in [5.74, 6) is -0.312. The fourth-order valence-electron chi connectivity index (χ4n) is 6.51. The van der Waals surface area contributed by atoms with Crippen LogP contribution in [-0.2, 0) is 15.1 Å². The minimum absolute atomic E-state index is 0.0237. The van der Waals surface area contributed by atoms with Crippen LogP contribution in [0.5, 0.6) is 23.0 Å². The molecular formula is C37H46N4O7. The molecule has 4 N–H and O–H groups in total. The van der Waals surface area contributed by atoms with Crippen LogP contribution in [0.3, 0.4) is 0 Å². The van der Waals surface area contributed by atoms with Crippen LogP contribution in [0.2, 0.25) is 0 Å². The number of phenols is 2. The van der Waals surface area contributed by atoms with Gasteiger partial charge in [0, 0.05) is 86.6 Å². The van der Waals surface area contributed by atoms with Crippen molar-refractivity contribution in [3.05, 3.63) is 82.4 Å². The molecule has 48 heavy (non-hydrogen) atoms. The van der Waals surface area contributed by atoms with Crippen LogP contribution in [0.25, 0.3) is 0 Å². The first kappa shape index (κ1) is 34.7. The maximum Gasteiger partial charge on any atom is 0.340 e. The highest BCUT2D eigenvalue weighted by Gasteiger charge is 2.53. The molecular weight excluding hydrogens is 612 g/mol. The van der Waals surface area contributed by atoms with Gasteiger partial charge in [-0.15, -0.1) is 0 Å². The number of phenolic OH excluding ortho intramolecular Hbond substituents is 2. The zero-order valence-corrected chi connectivity index (χ0v) is 28.0. The average Bonchev–Trinajstić information content (AvgIpc) is 3.38. The molecule has 1 fully saturated rings. The summed E-state index contributed by atoms with van der Waals surface area (Å²) in [5, 5.41) is 26.1. The monoisotopic (exact) mass is 658 g/mol. The highest BCUT2D eigenvalue weighted by atomic mass is 16.6. The number of ether oxygens (including phenoxy) is 2. The highest BCUT2D eigenvalue weighted by molar-refractivity contribution is 6.01. The average molecular weight is 659 g/mol. The van der Waals surface area contributed by atoms with Crippen molar-refractivity contribution < 1.29 is 34.1 Å². The molecule has 3 aromatic rings. The molecule has 3 aliphatic heterocycles. The van der Waals surface area contributed by atoms with Crippen LogP contribution < -0.4 is 15.4 Å². The Kier molecular flexibility index (Phi) is 11.2. The van der Waals surface area contributed by atoms with Crippen LogP contribution in [-0.4, -0.2) is 90.2 Å². The first-order valence-corrected chi connectivity index (χ1v) is 17.0. The van der Waals surface area contributed by atoms with E-state index in [-0.39, 0.29) is 28.9 Å². The van der Waals surface area contributed by atoms with Crippen LogP contribution in [0.15, 0.2) is 54.6 Å². The summed E-state index contributed by atoms with van der Waals surface area (Å²) in [6.45, 7) is 13.5. The number of fused-ring (bicyclic) bond motifs is 6. The normalized spacial score (nSPS) is 16.0. The SMILES string of the molecule is CC.CCN1CCN(CCNC(=O)CCCCCNC(=O)c2ccc3c(c2)C(=O)OC32c3ccc(O)cc3Oc3cc(O)ccc32)CC1. The first-order chi connectivity index (χ1) is 23.3. The van der Waals surface area contributed by atoms with E-state index in [9.17, 15) is 24.6 Å². The van der Waals surface area contributed by atoms with E-state index in [2.05, 4.69) is 27.4 Å². The largest absolute Gasteiger partial charge is 0.508 e. The second-order valence-corrected chi connectivity index (χ2v) is 12.0. The number of rotatable bonds is 11. The fourth-order valence-corrected chi connectivity index (χ4v) is 6.51. The molecule has 0 aromatic heterocycles. The Bertz CT molecular complexity index is 1580. The first-order valence-electron chi connectivity index (χ1n) is 17.0. The van der Waals surface area contributed by atoms with E-state index in [1.807, 2.05) is 13.8 Å². The number of unbranched alkanes of at least 4 members (excludes halogenated alkanes) is 2. The molecule has 0 atom stereocenters. The summed E-state index contributed by atoms with van der Waals surface area (Å²) in [6.07, 6.45) is 2.73. The van der Waals surface area contributed by atoms with E-state index in [1.165, 1.54) is 30.3 Å². The summed E-state index contributed by atoms with van der Waals surface area (Å²) in [6, 6.07) is 14.0. The molecule has 11 heteroatoms. The highest BCUT2D eigenvalue weighted by Crippen LogP contribution is 2.57. The standard InChI is InChI=1S/C35H40N4O7.C2H6/c1-2-38-16-18-39(19-17-38)15-14-36-32(42)6-4-3-5-13-37-33(43)23-7-10-27-26(20-23)34(44)46-35(27)28-11-8-24(40)21-30(28)45-31-22-25(41)9-12-29(31)35;1-2/h7-12,20-22,40-41H,2-6,13-19H2,1H3,(H,36,42)(H,37,43);1-2H3. The number of piperazine rings is 1. The Labute approximate surface area is 281 Å². The van der Waals surface area contributed by atoms with Gasteiger partial charge >= 0.3 is 5.97 Å². The van der Waals surface area contributed by atoms with Gasteiger partial charge in [-0.05, 0) is 55.8 Å². The predicted molar refractivity (Wildman–Crippen MR) is 182 cm³/mol. The van der Waals surface area contributed by atoms with E-state index >= 15 is 0 Å². The van der Waals surface area contributed by atoms with Crippen molar-refractivity contribution in [3.63, 3.8) is 0 Å². The van der Waals surface area contributed by atoms with Crippen molar-refractivity contribution in [1.29, 1.82) is 0 Å². The quantitative estimate of drug-likeness (QED) is 0.170. The van der Waals surface area contributed by atoms with Gasteiger partial charge in [-0.2, -0.15) is 0 Å². The number of nitrogens with one attached hydrogen (secondary N) is 2. The van der Waals surface area contributed by atoms with Gasteiger partial charge in [0.05, 0.1) is 5.56 Å². The number of hydrogen-bond donors (Lipinski definition) is 4. The summed E-state index contributed by atoms with van der Waals surface area (Å²) >= 11 is 0. The minimum atomic E-state index is -1.37. The predicted octanol–water partition coefficient (Wildman–Crippen LogP) is 4.74. The van der Waals surface area contributed by atoms with Crippen molar-refractivity contribution in [2.45, 2.75) is 52.1 Å². The molecule has 1 saturated heterocycles. The van der Waals surface area contributed by atoms with Crippen LogP contribution in [0.4, 0.5) is 0 Å². The molecule has 0 aliphatic carbocycles. The second kappa shape index (κ2) is 15.5.